The lowest BCUT2D eigenvalue weighted by molar-refractivity contribution is 0.203. The van der Waals surface area contributed by atoms with Crippen LogP contribution in [-0.2, 0) is 6.54 Å². The highest BCUT2D eigenvalue weighted by atomic mass is 35.5. The molecule has 1 unspecified atom stereocenters. The first kappa shape index (κ1) is 21.9. The number of hydrogen-bond acceptors (Lipinski definition) is 4. The Morgan fingerprint density at radius 1 is 0.971 bits per heavy atom. The van der Waals surface area contributed by atoms with Gasteiger partial charge in [-0.1, -0.05) is 89.1 Å². The number of carbonyl (C=O) groups is 1. The summed E-state index contributed by atoms with van der Waals surface area (Å²) < 4.78 is 5.73. The molecule has 1 N–H and O–H groups in total. The lowest BCUT2D eigenvalue weighted by Gasteiger charge is -2.35. The lowest BCUT2D eigenvalue weighted by Crippen LogP contribution is -2.45. The molecule has 0 saturated carbocycles. The maximum atomic E-state index is 13.2. The van der Waals surface area contributed by atoms with Gasteiger partial charge in [-0.05, 0) is 37.1 Å². The fraction of sp³-hybridized carbons (Fsp3) is 0.148. The Bertz CT molecular complexity index is 1350. The third kappa shape index (κ3) is 4.32. The SMILES string of the molecule is CC1=C(c2nc(-c3ccccc3)no2)C(c2ccc(Cl)cc2)NC(=O)N1Cc1ccc(C)cc1. The highest BCUT2D eigenvalue weighted by molar-refractivity contribution is 6.30. The monoisotopic (exact) mass is 470 g/mol. The van der Waals surface area contributed by atoms with Crippen LogP contribution in [0.15, 0.2) is 89.1 Å². The van der Waals surface area contributed by atoms with Gasteiger partial charge < -0.3 is 9.84 Å². The topological polar surface area (TPSA) is 71.3 Å². The maximum absolute atomic E-state index is 13.2. The van der Waals surface area contributed by atoms with Crippen molar-refractivity contribution in [2.24, 2.45) is 0 Å². The molecule has 6 nitrogen and oxygen atoms in total. The number of carbonyl (C=O) groups excluding carboxylic acids is 1. The molecule has 0 radical (unpaired) electrons. The lowest BCUT2D eigenvalue weighted by atomic mass is 9.94. The maximum Gasteiger partial charge on any atom is 0.322 e. The number of amides is 2. The van der Waals surface area contributed by atoms with Gasteiger partial charge in [-0.25, -0.2) is 4.79 Å². The second-order valence-electron chi connectivity index (χ2n) is 8.29. The molecule has 1 aliphatic rings. The van der Waals surface area contributed by atoms with Crippen LogP contribution in [0.1, 0.15) is 35.5 Å². The van der Waals surface area contributed by atoms with E-state index in [-0.39, 0.29) is 6.03 Å². The number of urea groups is 1. The van der Waals surface area contributed by atoms with Gasteiger partial charge in [-0.2, -0.15) is 4.98 Å². The number of rotatable bonds is 5. The van der Waals surface area contributed by atoms with Crippen molar-refractivity contribution in [1.29, 1.82) is 0 Å². The van der Waals surface area contributed by atoms with E-state index in [9.17, 15) is 4.79 Å². The molecule has 7 heteroatoms. The summed E-state index contributed by atoms with van der Waals surface area (Å²) in [5, 5.41) is 7.95. The number of nitrogens with one attached hydrogen (secondary N) is 1. The molecule has 1 aromatic heterocycles. The summed E-state index contributed by atoms with van der Waals surface area (Å²) >= 11 is 6.11. The van der Waals surface area contributed by atoms with Gasteiger partial charge in [-0.3, -0.25) is 4.90 Å². The summed E-state index contributed by atoms with van der Waals surface area (Å²) in [6.45, 7) is 4.38. The van der Waals surface area contributed by atoms with E-state index in [1.54, 1.807) is 17.0 Å². The summed E-state index contributed by atoms with van der Waals surface area (Å²) in [5.41, 5.74) is 5.44. The molecule has 0 saturated heterocycles. The van der Waals surface area contributed by atoms with Crippen molar-refractivity contribution in [3.05, 3.63) is 112 Å². The highest BCUT2D eigenvalue weighted by Crippen LogP contribution is 2.38. The molecule has 0 fully saturated rings. The van der Waals surface area contributed by atoms with Crippen molar-refractivity contribution >= 4 is 23.2 Å². The van der Waals surface area contributed by atoms with E-state index < -0.39 is 6.04 Å². The van der Waals surface area contributed by atoms with Gasteiger partial charge in [-0.15, -0.1) is 0 Å². The quantitative estimate of drug-likeness (QED) is 0.366. The summed E-state index contributed by atoms with van der Waals surface area (Å²) in [6, 6.07) is 24.5. The minimum atomic E-state index is -0.455. The van der Waals surface area contributed by atoms with E-state index in [1.807, 2.05) is 80.6 Å². The first-order valence-corrected chi connectivity index (χ1v) is 11.4. The van der Waals surface area contributed by atoms with Crippen LogP contribution >= 0.6 is 11.6 Å². The van der Waals surface area contributed by atoms with Gasteiger partial charge in [0.05, 0.1) is 18.2 Å². The van der Waals surface area contributed by atoms with Crippen molar-refractivity contribution in [2.45, 2.75) is 26.4 Å². The van der Waals surface area contributed by atoms with Gasteiger partial charge >= 0.3 is 6.03 Å². The van der Waals surface area contributed by atoms with Crippen molar-refractivity contribution in [3.63, 3.8) is 0 Å². The van der Waals surface area contributed by atoms with Crippen LogP contribution < -0.4 is 5.32 Å². The third-order valence-corrected chi connectivity index (χ3v) is 6.20. The highest BCUT2D eigenvalue weighted by Gasteiger charge is 2.35. The minimum absolute atomic E-state index is 0.190. The number of aryl methyl sites for hydroxylation is 1. The summed E-state index contributed by atoms with van der Waals surface area (Å²) in [5.74, 6) is 0.859. The van der Waals surface area contributed by atoms with Crippen LogP contribution in [0.25, 0.3) is 17.0 Å². The Hall–Kier alpha value is -3.90. The molecule has 4 aromatic rings. The van der Waals surface area contributed by atoms with E-state index in [0.717, 1.165) is 28.0 Å². The van der Waals surface area contributed by atoms with E-state index in [4.69, 9.17) is 16.1 Å². The second-order valence-corrected chi connectivity index (χ2v) is 8.73. The zero-order valence-electron chi connectivity index (χ0n) is 18.8. The molecule has 2 amide bonds. The summed E-state index contributed by atoms with van der Waals surface area (Å²) in [6.07, 6.45) is 0. The molecular weight excluding hydrogens is 448 g/mol. The Kier molecular flexibility index (Phi) is 5.90. The molecular formula is C27H23ClN4O2. The predicted molar refractivity (Wildman–Crippen MR) is 132 cm³/mol. The van der Waals surface area contributed by atoms with Gasteiger partial charge in [0, 0.05) is 16.3 Å². The molecule has 3 aromatic carbocycles. The van der Waals surface area contributed by atoms with Gasteiger partial charge in [0.25, 0.3) is 5.89 Å². The van der Waals surface area contributed by atoms with E-state index in [0.29, 0.717) is 23.3 Å². The minimum Gasteiger partial charge on any atom is -0.334 e. The Morgan fingerprint density at radius 3 is 2.38 bits per heavy atom. The average molecular weight is 471 g/mol. The van der Waals surface area contributed by atoms with Crippen LogP contribution in [0.2, 0.25) is 5.02 Å². The van der Waals surface area contributed by atoms with E-state index in [1.165, 1.54) is 5.56 Å². The average Bonchev–Trinajstić information content (AvgIpc) is 3.33. The fourth-order valence-electron chi connectivity index (χ4n) is 4.07. The molecule has 5 rings (SSSR count). The first-order valence-electron chi connectivity index (χ1n) is 11.0. The van der Waals surface area contributed by atoms with Crippen LogP contribution in [0, 0.1) is 6.92 Å². The molecule has 0 aliphatic carbocycles. The van der Waals surface area contributed by atoms with Crippen LogP contribution in [0.5, 0.6) is 0 Å². The van der Waals surface area contributed by atoms with Gasteiger partial charge in [0.1, 0.15) is 0 Å². The van der Waals surface area contributed by atoms with Crippen LogP contribution in [-0.4, -0.2) is 21.1 Å². The number of nitrogens with zero attached hydrogens (tertiary/aromatic N) is 3. The zero-order valence-corrected chi connectivity index (χ0v) is 19.6. The molecule has 0 spiro atoms. The second kappa shape index (κ2) is 9.15. The normalized spacial score (nSPS) is 16.0. The van der Waals surface area contributed by atoms with Crippen molar-refractivity contribution in [2.75, 3.05) is 0 Å². The number of allylic oxidation sites excluding steroid dienone is 1. The van der Waals surface area contributed by atoms with E-state index >= 15 is 0 Å². The molecule has 1 atom stereocenters. The van der Waals surface area contributed by atoms with Gasteiger partial charge in [0.15, 0.2) is 0 Å². The Balaban J connectivity index is 1.59. The number of benzene rings is 3. The largest absolute Gasteiger partial charge is 0.334 e. The molecule has 34 heavy (non-hydrogen) atoms. The van der Waals surface area contributed by atoms with E-state index in [2.05, 4.69) is 15.5 Å². The third-order valence-electron chi connectivity index (χ3n) is 5.95. The molecule has 170 valence electrons. The Morgan fingerprint density at radius 2 is 1.68 bits per heavy atom. The fourth-order valence-corrected chi connectivity index (χ4v) is 4.19. The molecule has 1 aliphatic heterocycles. The Labute approximate surface area is 202 Å². The summed E-state index contributed by atoms with van der Waals surface area (Å²) in [4.78, 5) is 19.6. The predicted octanol–water partition coefficient (Wildman–Crippen LogP) is 6.40. The number of hydrogen-bond donors (Lipinski definition) is 1. The first-order chi connectivity index (χ1) is 16.5. The van der Waals surface area contributed by atoms with Crippen molar-refractivity contribution in [1.82, 2.24) is 20.4 Å². The van der Waals surface area contributed by atoms with Crippen LogP contribution in [0.4, 0.5) is 4.79 Å². The summed E-state index contributed by atoms with van der Waals surface area (Å²) in [7, 11) is 0. The standard InChI is InChI=1S/C27H23ClN4O2/c1-17-8-10-19(11-9-17)16-32-18(2)23(24(29-27(32)33)20-12-14-22(28)15-13-20)26-30-25(31-34-26)21-6-4-3-5-7-21/h3-15,24H,16H2,1-2H3,(H,29,33). The smallest absolute Gasteiger partial charge is 0.322 e. The zero-order chi connectivity index (χ0) is 23.7. The number of aromatic nitrogens is 2. The number of halogens is 1. The van der Waals surface area contributed by atoms with Gasteiger partial charge in [0.2, 0.25) is 5.82 Å². The van der Waals surface area contributed by atoms with Crippen molar-refractivity contribution in [3.8, 4) is 11.4 Å². The molecule has 2 heterocycles. The van der Waals surface area contributed by atoms with Crippen molar-refractivity contribution < 1.29 is 9.32 Å². The molecule has 0 bridgehead atoms. The van der Waals surface area contributed by atoms with Crippen LogP contribution in [0.3, 0.4) is 0 Å².